The number of halogens is 1. The Morgan fingerprint density at radius 2 is 1.88 bits per heavy atom. The molecule has 1 saturated heterocycles. The highest BCUT2D eigenvalue weighted by Gasteiger charge is 2.25. The van der Waals surface area contributed by atoms with E-state index in [0.29, 0.717) is 36.9 Å². The van der Waals surface area contributed by atoms with E-state index in [2.05, 4.69) is 16.4 Å². The van der Waals surface area contributed by atoms with Crippen LogP contribution in [0, 0.1) is 0 Å². The second kappa shape index (κ2) is 9.86. The van der Waals surface area contributed by atoms with Gasteiger partial charge in [-0.1, -0.05) is 49.2 Å². The largest absolute Gasteiger partial charge is 0.379 e. The summed E-state index contributed by atoms with van der Waals surface area (Å²) in [5, 5.41) is 1.52. The fourth-order valence-corrected chi connectivity index (χ4v) is 4.58. The standard InChI is InChI=1S/C25H28ClN3O3/c1-2-5-21-24(23(30)16-28-10-12-32-13-11-28)19-9-8-17(25(27)31)14-22(19)29(21)15-18-6-3-4-7-20(18)26/h3-4,6-9,14H,2,5,10-13,15-16H2,1H3,(H2,27,31). The summed E-state index contributed by atoms with van der Waals surface area (Å²) in [5.41, 5.74) is 9.48. The van der Waals surface area contributed by atoms with Crippen molar-refractivity contribution in [2.75, 3.05) is 32.8 Å². The average molecular weight is 454 g/mol. The highest BCUT2D eigenvalue weighted by atomic mass is 35.5. The van der Waals surface area contributed by atoms with Gasteiger partial charge in [0.25, 0.3) is 0 Å². The molecule has 1 aromatic heterocycles. The van der Waals surface area contributed by atoms with E-state index >= 15 is 0 Å². The van der Waals surface area contributed by atoms with E-state index in [1.165, 1.54) is 0 Å². The monoisotopic (exact) mass is 453 g/mol. The Kier molecular flexibility index (Phi) is 6.94. The van der Waals surface area contributed by atoms with Crippen LogP contribution >= 0.6 is 11.6 Å². The van der Waals surface area contributed by atoms with Crippen LogP contribution < -0.4 is 5.73 Å². The Labute approximate surface area is 192 Å². The van der Waals surface area contributed by atoms with Crippen molar-refractivity contribution in [3.63, 3.8) is 0 Å². The zero-order chi connectivity index (χ0) is 22.7. The summed E-state index contributed by atoms with van der Waals surface area (Å²) in [5.74, 6) is -0.402. The number of carbonyl (C=O) groups excluding carboxylic acids is 2. The Morgan fingerprint density at radius 3 is 2.56 bits per heavy atom. The summed E-state index contributed by atoms with van der Waals surface area (Å²) in [7, 11) is 0. The van der Waals surface area contributed by atoms with Crippen LogP contribution in [0.4, 0.5) is 0 Å². The minimum atomic E-state index is -0.490. The molecule has 2 heterocycles. The number of carbonyl (C=O) groups is 2. The van der Waals surface area contributed by atoms with Gasteiger partial charge in [-0.05, 0) is 30.2 Å². The second-order valence-electron chi connectivity index (χ2n) is 8.16. The first-order valence-corrected chi connectivity index (χ1v) is 11.4. The summed E-state index contributed by atoms with van der Waals surface area (Å²) < 4.78 is 7.55. The first kappa shape index (κ1) is 22.5. The number of hydrogen-bond donors (Lipinski definition) is 1. The van der Waals surface area contributed by atoms with Gasteiger partial charge in [-0.15, -0.1) is 0 Å². The topological polar surface area (TPSA) is 77.6 Å². The van der Waals surface area contributed by atoms with Gasteiger partial charge in [0.15, 0.2) is 5.78 Å². The number of benzene rings is 2. The first-order chi connectivity index (χ1) is 15.5. The van der Waals surface area contributed by atoms with Crippen LogP contribution in [-0.4, -0.2) is 54.0 Å². The van der Waals surface area contributed by atoms with E-state index < -0.39 is 5.91 Å². The van der Waals surface area contributed by atoms with E-state index in [9.17, 15) is 9.59 Å². The summed E-state index contributed by atoms with van der Waals surface area (Å²) in [4.78, 5) is 27.6. The minimum absolute atomic E-state index is 0.0880. The number of Topliss-reactive ketones (excluding diaryl/α,β-unsaturated/α-hetero) is 1. The van der Waals surface area contributed by atoms with Gasteiger partial charge in [-0.25, -0.2) is 0 Å². The Balaban J connectivity index is 1.86. The molecule has 3 aromatic rings. The van der Waals surface area contributed by atoms with Crippen LogP contribution in [0.25, 0.3) is 10.9 Å². The molecule has 0 unspecified atom stereocenters. The number of primary amides is 1. The van der Waals surface area contributed by atoms with Crippen LogP contribution in [0.5, 0.6) is 0 Å². The molecule has 0 radical (unpaired) electrons. The van der Waals surface area contributed by atoms with Crippen molar-refractivity contribution in [1.82, 2.24) is 9.47 Å². The van der Waals surface area contributed by atoms with Gasteiger partial charge in [-0.2, -0.15) is 0 Å². The molecule has 0 bridgehead atoms. The molecule has 32 heavy (non-hydrogen) atoms. The molecular formula is C25H28ClN3O3. The molecule has 168 valence electrons. The zero-order valence-corrected chi connectivity index (χ0v) is 19.0. The number of rotatable bonds is 8. The maximum atomic E-state index is 13.6. The number of ether oxygens (including phenoxy) is 1. The molecule has 1 fully saturated rings. The third kappa shape index (κ3) is 4.58. The predicted octanol–water partition coefficient (Wildman–Crippen LogP) is 3.91. The third-order valence-electron chi connectivity index (χ3n) is 5.98. The lowest BCUT2D eigenvalue weighted by Crippen LogP contribution is -2.39. The first-order valence-electron chi connectivity index (χ1n) is 11.0. The summed E-state index contributed by atoms with van der Waals surface area (Å²) in [6.45, 7) is 5.75. The predicted molar refractivity (Wildman–Crippen MR) is 127 cm³/mol. The van der Waals surface area contributed by atoms with Crippen molar-refractivity contribution >= 4 is 34.2 Å². The summed E-state index contributed by atoms with van der Waals surface area (Å²) in [6, 6.07) is 13.0. The summed E-state index contributed by atoms with van der Waals surface area (Å²) >= 11 is 6.46. The number of aromatic nitrogens is 1. The number of morpholine rings is 1. The number of nitrogens with two attached hydrogens (primary N) is 1. The fourth-order valence-electron chi connectivity index (χ4n) is 4.38. The second-order valence-corrected chi connectivity index (χ2v) is 8.56. The van der Waals surface area contributed by atoms with Gasteiger partial charge < -0.3 is 15.0 Å². The molecule has 7 heteroatoms. The van der Waals surface area contributed by atoms with Gasteiger partial charge in [-0.3, -0.25) is 14.5 Å². The smallest absolute Gasteiger partial charge is 0.248 e. The zero-order valence-electron chi connectivity index (χ0n) is 18.3. The summed E-state index contributed by atoms with van der Waals surface area (Å²) in [6.07, 6.45) is 1.63. The average Bonchev–Trinajstić information content (AvgIpc) is 3.08. The van der Waals surface area contributed by atoms with Crippen LogP contribution in [0.1, 0.15) is 45.3 Å². The Bertz CT molecular complexity index is 1150. The number of hydrogen-bond acceptors (Lipinski definition) is 4. The van der Waals surface area contributed by atoms with Gasteiger partial charge in [0.05, 0.1) is 25.3 Å². The quantitative estimate of drug-likeness (QED) is 0.524. The lowest BCUT2D eigenvalue weighted by atomic mass is 10.0. The molecule has 0 saturated carbocycles. The SMILES string of the molecule is CCCc1c(C(=O)CN2CCOCC2)c2ccc(C(N)=O)cc2n1Cc1ccccc1Cl. The van der Waals surface area contributed by atoms with E-state index in [-0.39, 0.29) is 5.78 Å². The van der Waals surface area contributed by atoms with Crippen LogP contribution in [0.15, 0.2) is 42.5 Å². The number of fused-ring (bicyclic) bond motifs is 1. The normalized spacial score (nSPS) is 14.7. The van der Waals surface area contributed by atoms with Crippen molar-refractivity contribution in [2.24, 2.45) is 5.73 Å². The van der Waals surface area contributed by atoms with Gasteiger partial charge in [0.2, 0.25) is 5.91 Å². The molecule has 0 atom stereocenters. The Morgan fingerprint density at radius 1 is 1.12 bits per heavy atom. The van der Waals surface area contributed by atoms with Crippen LogP contribution in [0.3, 0.4) is 0 Å². The third-order valence-corrected chi connectivity index (χ3v) is 6.35. The van der Waals surface area contributed by atoms with E-state index in [0.717, 1.165) is 53.7 Å². The molecule has 1 aliphatic heterocycles. The molecule has 6 nitrogen and oxygen atoms in total. The molecule has 0 aliphatic carbocycles. The van der Waals surface area contributed by atoms with Gasteiger partial charge >= 0.3 is 0 Å². The highest BCUT2D eigenvalue weighted by molar-refractivity contribution is 6.31. The molecule has 1 amide bonds. The van der Waals surface area contributed by atoms with Crippen LogP contribution in [0.2, 0.25) is 5.02 Å². The molecule has 0 spiro atoms. The Hall–Kier alpha value is -2.67. The van der Waals surface area contributed by atoms with E-state index in [1.54, 1.807) is 12.1 Å². The number of ketones is 1. The van der Waals surface area contributed by atoms with Crippen molar-refractivity contribution in [3.8, 4) is 0 Å². The molecule has 4 rings (SSSR count). The molecule has 1 aliphatic rings. The van der Waals surface area contributed by atoms with Crippen molar-refractivity contribution in [2.45, 2.75) is 26.3 Å². The van der Waals surface area contributed by atoms with Gasteiger partial charge in [0.1, 0.15) is 0 Å². The lowest BCUT2D eigenvalue weighted by Gasteiger charge is -2.26. The van der Waals surface area contributed by atoms with Gasteiger partial charge in [0, 0.05) is 46.9 Å². The minimum Gasteiger partial charge on any atom is -0.379 e. The van der Waals surface area contributed by atoms with E-state index in [1.807, 2.05) is 30.3 Å². The molecule has 2 N–H and O–H groups in total. The van der Waals surface area contributed by atoms with E-state index in [4.69, 9.17) is 22.1 Å². The number of nitrogens with zero attached hydrogens (tertiary/aromatic N) is 2. The number of amides is 1. The maximum absolute atomic E-state index is 13.6. The van der Waals surface area contributed by atoms with Crippen molar-refractivity contribution in [1.29, 1.82) is 0 Å². The highest BCUT2D eigenvalue weighted by Crippen LogP contribution is 2.31. The fraction of sp³-hybridized carbons (Fsp3) is 0.360. The maximum Gasteiger partial charge on any atom is 0.248 e. The van der Waals surface area contributed by atoms with Crippen molar-refractivity contribution < 1.29 is 14.3 Å². The van der Waals surface area contributed by atoms with Crippen molar-refractivity contribution in [3.05, 3.63) is 69.9 Å². The lowest BCUT2D eigenvalue weighted by molar-refractivity contribution is 0.0371. The van der Waals surface area contributed by atoms with Crippen LogP contribution in [-0.2, 0) is 17.7 Å². The molecule has 2 aromatic carbocycles. The molecular weight excluding hydrogens is 426 g/mol.